The number of allylic oxidation sites excluding steroid dienone is 8. The molecule has 1 N–H and O–H groups in total. The average Bonchev–Trinajstić information content (AvgIpc) is 3.03. The molecule has 0 saturated carbocycles. The number of hydrogen-bond acceptors (Lipinski definition) is 5. The van der Waals surface area contributed by atoms with Gasteiger partial charge in [0.05, 0.1) is 11.5 Å². The Balaban J connectivity index is 0.000000181. The number of aliphatic hydroxyl groups is 1. The number of aryl methyl sites for hydroxylation is 1. The van der Waals surface area contributed by atoms with Crippen LogP contribution in [0, 0.1) is 30.6 Å². The first-order valence-corrected chi connectivity index (χ1v) is 17.1. The first kappa shape index (κ1) is 33.5. The van der Waals surface area contributed by atoms with E-state index in [4.69, 9.17) is 14.0 Å². The van der Waals surface area contributed by atoms with Gasteiger partial charge in [0.1, 0.15) is 0 Å². The van der Waals surface area contributed by atoms with Crippen LogP contribution in [0.5, 0.6) is 0 Å². The molecule has 4 atom stereocenters. The molecule has 4 aliphatic carbocycles. The van der Waals surface area contributed by atoms with Crippen molar-refractivity contribution in [1.29, 1.82) is 0 Å². The summed E-state index contributed by atoms with van der Waals surface area (Å²) in [6.07, 6.45) is 31.7. The van der Waals surface area contributed by atoms with Gasteiger partial charge in [0.2, 0.25) is 0 Å². The van der Waals surface area contributed by atoms with Gasteiger partial charge in [-0.05, 0) is 120 Å². The second-order valence-corrected chi connectivity index (χ2v) is 13.5. The number of aliphatic hydroxyl groups excluding tert-OH is 1. The van der Waals surface area contributed by atoms with E-state index in [1.165, 1.54) is 44.9 Å². The van der Waals surface area contributed by atoms with Gasteiger partial charge in [-0.1, -0.05) is 66.3 Å². The number of rotatable bonds is 9. The molecule has 4 unspecified atom stereocenters. The zero-order valence-corrected chi connectivity index (χ0v) is 25.9. The zero-order valence-electron chi connectivity index (χ0n) is 25.0. The van der Waals surface area contributed by atoms with Crippen LogP contribution < -0.4 is 0 Å². The smallest absolute Gasteiger partial charge is 0.296 e. The number of ether oxygens (including phenoxy) is 1. The van der Waals surface area contributed by atoms with Crippen molar-refractivity contribution >= 4 is 10.1 Å². The molecule has 1 aromatic carbocycles. The summed E-state index contributed by atoms with van der Waals surface area (Å²) in [6.45, 7) is 4.52. The summed E-state index contributed by atoms with van der Waals surface area (Å²) in [5.41, 5.74) is 1.03. The topological polar surface area (TPSA) is 72.8 Å². The quantitative estimate of drug-likeness (QED) is 0.234. The number of benzene rings is 1. The van der Waals surface area contributed by atoms with Crippen molar-refractivity contribution in [1.82, 2.24) is 0 Å². The SMILES string of the molecule is C1=CCC(COCC2CC=CCC2)CC1.Cc1ccc(S(=O)(=O)OCC2CC=CCC2)cc1.OCC1CC=CCC1. The minimum absolute atomic E-state index is 0.236. The molecule has 0 spiro atoms. The molecule has 0 bridgehead atoms. The van der Waals surface area contributed by atoms with E-state index in [1.807, 2.05) is 6.92 Å². The molecule has 5 rings (SSSR count). The van der Waals surface area contributed by atoms with Gasteiger partial charge in [-0.2, -0.15) is 8.42 Å². The standard InChI is InChI=1S/C14H18O3S.C14H22O.C7H12O/c1-12-7-9-14(10-8-12)18(15,16)17-11-13-5-3-2-4-6-13;1-3-7-13(8-4-1)11-15-12-14-9-5-2-6-10-14;8-6-7-4-2-1-3-5-7/h2-3,7-10,13H,4-6,11H2,1H3;1-3,5,13-14H,4,6-12H2;1-2,7-8H,3-6H2. The van der Waals surface area contributed by atoms with E-state index in [1.54, 1.807) is 24.3 Å². The fraction of sp³-hybridized carbons (Fsp3) is 0.600. The third kappa shape index (κ3) is 13.7. The van der Waals surface area contributed by atoms with Crippen molar-refractivity contribution < 1.29 is 22.4 Å². The Bertz CT molecular complexity index is 1050. The van der Waals surface area contributed by atoms with E-state index in [9.17, 15) is 8.42 Å². The van der Waals surface area contributed by atoms with Gasteiger partial charge in [-0.25, -0.2) is 0 Å². The van der Waals surface area contributed by atoms with Crippen molar-refractivity contribution in [2.45, 2.75) is 88.9 Å². The van der Waals surface area contributed by atoms with Crippen LogP contribution in [0.4, 0.5) is 0 Å². The molecule has 0 heterocycles. The van der Waals surface area contributed by atoms with E-state index in [2.05, 4.69) is 48.6 Å². The van der Waals surface area contributed by atoms with Gasteiger partial charge < -0.3 is 9.84 Å². The van der Waals surface area contributed by atoms with E-state index in [-0.39, 0.29) is 11.5 Å². The Labute approximate surface area is 249 Å². The van der Waals surface area contributed by atoms with E-state index in [0.717, 1.165) is 62.7 Å². The van der Waals surface area contributed by atoms with Gasteiger partial charge in [0.15, 0.2) is 0 Å². The van der Waals surface area contributed by atoms with Crippen LogP contribution in [-0.4, -0.2) is 40.0 Å². The maximum atomic E-state index is 11.9. The molecule has 0 amide bonds. The molecule has 0 fully saturated rings. The first-order valence-electron chi connectivity index (χ1n) is 15.7. The lowest BCUT2D eigenvalue weighted by Gasteiger charge is -2.21. The van der Waals surface area contributed by atoms with E-state index >= 15 is 0 Å². The van der Waals surface area contributed by atoms with E-state index in [0.29, 0.717) is 18.4 Å². The second-order valence-electron chi connectivity index (χ2n) is 11.9. The summed E-state index contributed by atoms with van der Waals surface area (Å²) in [6, 6.07) is 6.73. The highest BCUT2D eigenvalue weighted by atomic mass is 32.2. The van der Waals surface area contributed by atoms with Crippen molar-refractivity contribution in [3.8, 4) is 0 Å². The molecule has 6 heteroatoms. The third-order valence-corrected chi connectivity index (χ3v) is 9.54. The highest BCUT2D eigenvalue weighted by molar-refractivity contribution is 7.86. The summed E-state index contributed by atoms with van der Waals surface area (Å²) < 4.78 is 34.9. The lowest BCUT2D eigenvalue weighted by atomic mass is 9.94. The van der Waals surface area contributed by atoms with Crippen LogP contribution in [0.25, 0.3) is 0 Å². The van der Waals surface area contributed by atoms with Crippen LogP contribution in [0.2, 0.25) is 0 Å². The largest absolute Gasteiger partial charge is 0.396 e. The second kappa shape index (κ2) is 19.2. The zero-order chi connectivity index (χ0) is 29.2. The molecule has 0 aromatic heterocycles. The predicted octanol–water partition coefficient (Wildman–Crippen LogP) is 8.11. The summed E-state index contributed by atoms with van der Waals surface area (Å²) >= 11 is 0. The predicted molar refractivity (Wildman–Crippen MR) is 168 cm³/mol. The number of hydrogen-bond donors (Lipinski definition) is 1. The average molecular weight is 585 g/mol. The molecular weight excluding hydrogens is 532 g/mol. The van der Waals surface area contributed by atoms with Crippen LogP contribution in [0.15, 0.2) is 77.8 Å². The summed E-state index contributed by atoms with van der Waals surface area (Å²) in [5.74, 6) is 2.44. The molecule has 4 aliphatic rings. The van der Waals surface area contributed by atoms with Crippen LogP contribution in [-0.2, 0) is 19.0 Å². The van der Waals surface area contributed by atoms with Gasteiger partial charge in [0.25, 0.3) is 10.1 Å². The molecule has 228 valence electrons. The van der Waals surface area contributed by atoms with Crippen LogP contribution in [0.1, 0.15) is 82.6 Å². The Morgan fingerprint density at radius 2 is 1.05 bits per heavy atom. The summed E-state index contributed by atoms with van der Waals surface area (Å²) in [5, 5.41) is 8.66. The summed E-state index contributed by atoms with van der Waals surface area (Å²) in [7, 11) is -3.60. The molecule has 5 nitrogen and oxygen atoms in total. The Morgan fingerprint density at radius 1 is 0.634 bits per heavy atom. The summed E-state index contributed by atoms with van der Waals surface area (Å²) in [4.78, 5) is 0.236. The van der Waals surface area contributed by atoms with Crippen molar-refractivity contribution in [2.75, 3.05) is 26.4 Å². The monoisotopic (exact) mass is 584 g/mol. The highest BCUT2D eigenvalue weighted by Crippen LogP contribution is 2.23. The molecule has 1 aromatic rings. The molecule has 0 aliphatic heterocycles. The minimum atomic E-state index is -3.60. The van der Waals surface area contributed by atoms with Gasteiger partial charge >= 0.3 is 0 Å². The first-order chi connectivity index (χ1) is 20.0. The van der Waals surface area contributed by atoms with Gasteiger partial charge in [0, 0.05) is 19.8 Å². The van der Waals surface area contributed by atoms with Crippen LogP contribution >= 0.6 is 0 Å². The van der Waals surface area contributed by atoms with Crippen molar-refractivity contribution in [3.05, 3.63) is 78.4 Å². The van der Waals surface area contributed by atoms with Crippen LogP contribution in [0.3, 0.4) is 0 Å². The highest BCUT2D eigenvalue weighted by Gasteiger charge is 2.19. The third-order valence-electron chi connectivity index (χ3n) is 8.24. The lowest BCUT2D eigenvalue weighted by Crippen LogP contribution is -2.16. The minimum Gasteiger partial charge on any atom is -0.396 e. The fourth-order valence-electron chi connectivity index (χ4n) is 5.41. The normalized spacial score (nSPS) is 25.5. The Morgan fingerprint density at radius 3 is 1.41 bits per heavy atom. The van der Waals surface area contributed by atoms with Crippen molar-refractivity contribution in [2.24, 2.45) is 23.7 Å². The van der Waals surface area contributed by atoms with Crippen molar-refractivity contribution in [3.63, 3.8) is 0 Å². The molecule has 0 saturated heterocycles. The fourth-order valence-corrected chi connectivity index (χ4v) is 6.38. The molecule has 41 heavy (non-hydrogen) atoms. The van der Waals surface area contributed by atoms with Gasteiger partial charge in [-0.3, -0.25) is 4.18 Å². The van der Waals surface area contributed by atoms with Gasteiger partial charge in [-0.15, -0.1) is 0 Å². The maximum absolute atomic E-state index is 11.9. The molecule has 0 radical (unpaired) electrons. The molecular formula is C35H52O5S. The maximum Gasteiger partial charge on any atom is 0.296 e. The Kier molecular flexibility index (Phi) is 15.7. The lowest BCUT2D eigenvalue weighted by molar-refractivity contribution is 0.0661. The Hall–Kier alpha value is -1.99. The van der Waals surface area contributed by atoms with E-state index < -0.39 is 10.1 Å².